The standard InChI is InChI=1S/C21H23N3O4S/c1-3-28-20(26)17-9-4-5-10-23(17)19(25)18-13-29-21-22-16(12-24(18)21)14-7-6-8-15(11-14)27-2/h6-8,11-13,17H,3-5,9-10H2,1-2H3/t17-/m1/s1. The van der Waals surface area contributed by atoms with E-state index in [1.165, 1.54) is 11.3 Å². The van der Waals surface area contributed by atoms with Crippen LogP contribution in [0.5, 0.6) is 5.75 Å². The molecule has 1 aliphatic heterocycles. The zero-order chi connectivity index (χ0) is 20.4. The van der Waals surface area contributed by atoms with Gasteiger partial charge in [-0.05, 0) is 38.3 Å². The minimum absolute atomic E-state index is 0.163. The molecule has 3 heterocycles. The van der Waals surface area contributed by atoms with Crippen LogP contribution in [-0.4, -0.2) is 52.5 Å². The van der Waals surface area contributed by atoms with Crippen LogP contribution in [0.1, 0.15) is 36.7 Å². The van der Waals surface area contributed by atoms with Crippen molar-refractivity contribution in [2.24, 2.45) is 0 Å². The smallest absolute Gasteiger partial charge is 0.328 e. The number of benzene rings is 1. The second kappa shape index (κ2) is 8.24. The van der Waals surface area contributed by atoms with Crippen LogP contribution in [0, 0.1) is 0 Å². The molecule has 1 atom stereocenters. The molecule has 152 valence electrons. The van der Waals surface area contributed by atoms with Crippen LogP contribution in [-0.2, 0) is 9.53 Å². The minimum atomic E-state index is -0.521. The van der Waals surface area contributed by atoms with Crippen molar-refractivity contribution < 1.29 is 19.1 Å². The number of fused-ring (bicyclic) bond motifs is 1. The summed E-state index contributed by atoms with van der Waals surface area (Å²) in [7, 11) is 1.63. The summed E-state index contributed by atoms with van der Waals surface area (Å²) in [6.07, 6.45) is 4.29. The molecule has 29 heavy (non-hydrogen) atoms. The number of esters is 1. The third kappa shape index (κ3) is 3.72. The molecule has 0 radical (unpaired) electrons. The van der Waals surface area contributed by atoms with Gasteiger partial charge in [0.05, 0.1) is 19.4 Å². The SMILES string of the molecule is CCOC(=O)[C@H]1CCCCN1C(=O)c1csc2nc(-c3cccc(OC)c3)cn12. The number of amides is 1. The zero-order valence-corrected chi connectivity index (χ0v) is 17.3. The third-order valence-electron chi connectivity index (χ3n) is 5.12. The molecule has 1 amide bonds. The normalized spacial score (nSPS) is 16.8. The van der Waals surface area contributed by atoms with Gasteiger partial charge in [0, 0.05) is 23.7 Å². The highest BCUT2D eigenvalue weighted by Crippen LogP contribution is 2.28. The lowest BCUT2D eigenvalue weighted by atomic mass is 10.0. The highest BCUT2D eigenvalue weighted by atomic mass is 32.1. The average molecular weight is 413 g/mol. The van der Waals surface area contributed by atoms with E-state index in [0.29, 0.717) is 25.3 Å². The first-order valence-electron chi connectivity index (χ1n) is 9.71. The summed E-state index contributed by atoms with van der Waals surface area (Å²) in [4.78, 5) is 32.7. The number of carbonyl (C=O) groups is 2. The fourth-order valence-corrected chi connectivity index (χ4v) is 4.51. The number of hydrogen-bond donors (Lipinski definition) is 0. The Hall–Kier alpha value is -2.87. The molecule has 0 bridgehead atoms. The van der Waals surface area contributed by atoms with Gasteiger partial charge < -0.3 is 14.4 Å². The van der Waals surface area contributed by atoms with E-state index < -0.39 is 6.04 Å². The van der Waals surface area contributed by atoms with E-state index in [9.17, 15) is 9.59 Å². The molecule has 2 aromatic heterocycles. The monoisotopic (exact) mass is 413 g/mol. The Morgan fingerprint density at radius 2 is 2.17 bits per heavy atom. The van der Waals surface area contributed by atoms with Gasteiger partial charge in [0.25, 0.3) is 5.91 Å². The van der Waals surface area contributed by atoms with Crippen LogP contribution in [0.3, 0.4) is 0 Å². The maximum absolute atomic E-state index is 13.3. The summed E-state index contributed by atoms with van der Waals surface area (Å²) >= 11 is 1.41. The van der Waals surface area contributed by atoms with E-state index in [4.69, 9.17) is 9.47 Å². The van der Waals surface area contributed by atoms with E-state index in [1.807, 2.05) is 30.5 Å². The molecule has 0 aliphatic carbocycles. The van der Waals surface area contributed by atoms with Crippen molar-refractivity contribution in [3.8, 4) is 17.0 Å². The first-order valence-corrected chi connectivity index (χ1v) is 10.6. The Morgan fingerprint density at radius 3 is 2.97 bits per heavy atom. The van der Waals surface area contributed by atoms with Crippen molar-refractivity contribution in [2.45, 2.75) is 32.2 Å². The van der Waals surface area contributed by atoms with Crippen molar-refractivity contribution in [3.05, 3.63) is 41.5 Å². The Kier molecular flexibility index (Phi) is 5.53. The number of thiazole rings is 1. The largest absolute Gasteiger partial charge is 0.497 e. The number of aromatic nitrogens is 2. The molecule has 4 rings (SSSR count). The molecule has 0 saturated carbocycles. The second-order valence-corrected chi connectivity index (χ2v) is 7.73. The Morgan fingerprint density at radius 1 is 1.31 bits per heavy atom. The molecule has 1 saturated heterocycles. The quantitative estimate of drug-likeness (QED) is 0.597. The zero-order valence-electron chi connectivity index (χ0n) is 16.5. The molecule has 1 aliphatic rings. The summed E-state index contributed by atoms with van der Waals surface area (Å²) in [5, 5.41) is 1.80. The van der Waals surface area contributed by atoms with Gasteiger partial charge in [0.2, 0.25) is 0 Å². The number of rotatable bonds is 5. The third-order valence-corrected chi connectivity index (χ3v) is 5.96. The molecular weight excluding hydrogens is 390 g/mol. The van der Waals surface area contributed by atoms with Crippen molar-refractivity contribution in [1.29, 1.82) is 0 Å². The molecule has 0 spiro atoms. The van der Waals surface area contributed by atoms with Gasteiger partial charge in [-0.25, -0.2) is 9.78 Å². The van der Waals surface area contributed by atoms with E-state index in [2.05, 4.69) is 4.98 Å². The van der Waals surface area contributed by atoms with Gasteiger partial charge in [-0.2, -0.15) is 0 Å². The van der Waals surface area contributed by atoms with Crippen LogP contribution in [0.2, 0.25) is 0 Å². The van der Waals surface area contributed by atoms with Gasteiger partial charge in [0.15, 0.2) is 4.96 Å². The maximum Gasteiger partial charge on any atom is 0.328 e. The van der Waals surface area contributed by atoms with Crippen LogP contribution in [0.15, 0.2) is 35.8 Å². The summed E-state index contributed by atoms with van der Waals surface area (Å²) in [6.45, 7) is 2.64. The van der Waals surface area contributed by atoms with Gasteiger partial charge in [-0.1, -0.05) is 12.1 Å². The Bertz CT molecular complexity index is 1040. The highest BCUT2D eigenvalue weighted by Gasteiger charge is 2.34. The first kappa shape index (κ1) is 19.4. The maximum atomic E-state index is 13.3. The number of carbonyl (C=O) groups excluding carboxylic acids is 2. The van der Waals surface area contributed by atoms with Gasteiger partial charge in [-0.15, -0.1) is 11.3 Å². The molecule has 8 heteroatoms. The van der Waals surface area contributed by atoms with Crippen LogP contribution in [0.4, 0.5) is 0 Å². The topological polar surface area (TPSA) is 73.1 Å². The number of nitrogens with zero attached hydrogens (tertiary/aromatic N) is 3. The van der Waals surface area contributed by atoms with Gasteiger partial charge in [-0.3, -0.25) is 9.20 Å². The predicted molar refractivity (Wildman–Crippen MR) is 110 cm³/mol. The number of ether oxygens (including phenoxy) is 2. The summed E-state index contributed by atoms with van der Waals surface area (Å²) < 4.78 is 12.3. The molecular formula is C21H23N3O4S. The lowest BCUT2D eigenvalue weighted by Gasteiger charge is -2.33. The van der Waals surface area contributed by atoms with E-state index in [-0.39, 0.29) is 11.9 Å². The fourth-order valence-electron chi connectivity index (χ4n) is 3.66. The predicted octanol–water partition coefficient (Wildman–Crippen LogP) is 3.63. The molecule has 0 N–H and O–H groups in total. The number of likely N-dealkylation sites (tertiary alicyclic amines) is 1. The lowest BCUT2D eigenvalue weighted by molar-refractivity contribution is -0.149. The van der Waals surface area contributed by atoms with Gasteiger partial charge in [0.1, 0.15) is 17.5 Å². The summed E-state index contributed by atoms with van der Waals surface area (Å²) in [5.41, 5.74) is 2.20. The first-order chi connectivity index (χ1) is 14.1. The fraction of sp³-hybridized carbons (Fsp3) is 0.381. The average Bonchev–Trinajstić information content (AvgIpc) is 3.34. The van der Waals surface area contributed by atoms with Crippen LogP contribution in [0.25, 0.3) is 16.2 Å². The highest BCUT2D eigenvalue weighted by molar-refractivity contribution is 7.15. The molecule has 0 unspecified atom stereocenters. The minimum Gasteiger partial charge on any atom is -0.497 e. The van der Waals surface area contributed by atoms with E-state index >= 15 is 0 Å². The van der Waals surface area contributed by atoms with Gasteiger partial charge >= 0.3 is 5.97 Å². The number of piperidine rings is 1. The van der Waals surface area contributed by atoms with E-state index in [0.717, 1.165) is 34.8 Å². The van der Waals surface area contributed by atoms with Crippen LogP contribution >= 0.6 is 11.3 Å². The van der Waals surface area contributed by atoms with Crippen molar-refractivity contribution in [3.63, 3.8) is 0 Å². The Balaban J connectivity index is 1.65. The molecule has 3 aromatic rings. The van der Waals surface area contributed by atoms with Crippen molar-refractivity contribution >= 4 is 28.2 Å². The van der Waals surface area contributed by atoms with Crippen molar-refractivity contribution in [2.75, 3.05) is 20.3 Å². The summed E-state index contributed by atoms with van der Waals surface area (Å²) in [6, 6.07) is 7.13. The van der Waals surface area contributed by atoms with E-state index in [1.54, 1.807) is 28.7 Å². The molecule has 7 nitrogen and oxygen atoms in total. The Labute approximate surface area is 172 Å². The van der Waals surface area contributed by atoms with Crippen molar-refractivity contribution in [1.82, 2.24) is 14.3 Å². The number of hydrogen-bond acceptors (Lipinski definition) is 6. The molecule has 1 aromatic carbocycles. The molecule has 1 fully saturated rings. The second-order valence-electron chi connectivity index (χ2n) is 6.89. The summed E-state index contributed by atoms with van der Waals surface area (Å²) in [5.74, 6) is 0.263. The lowest BCUT2D eigenvalue weighted by Crippen LogP contribution is -2.48. The number of methoxy groups -OCH3 is 1. The number of imidazole rings is 1. The van der Waals surface area contributed by atoms with Crippen LogP contribution < -0.4 is 4.74 Å².